The van der Waals surface area contributed by atoms with Gasteiger partial charge in [0.2, 0.25) is 0 Å². The average Bonchev–Trinajstić information content (AvgIpc) is 2.93. The number of nitrogens with zero attached hydrogens (tertiary/aromatic N) is 3. The number of carboxylic acid groups (broad SMARTS) is 1. The smallest absolute Gasteiger partial charge is 0.354 e. The Morgan fingerprint density at radius 1 is 1.14 bits per heavy atom. The molecule has 0 fully saturated rings. The summed E-state index contributed by atoms with van der Waals surface area (Å²) in [5.74, 6) is -1.59. The second-order valence-corrected chi connectivity index (χ2v) is 4.35. The zero-order chi connectivity index (χ0) is 14.8. The van der Waals surface area contributed by atoms with Gasteiger partial charge in [-0.1, -0.05) is 6.07 Å². The first-order valence-corrected chi connectivity index (χ1v) is 6.15. The van der Waals surface area contributed by atoms with Gasteiger partial charge in [-0.3, -0.25) is 4.98 Å². The minimum atomic E-state index is -1.13. The van der Waals surface area contributed by atoms with Crippen LogP contribution in [0.25, 0.3) is 16.9 Å². The number of aromatic nitrogens is 3. The number of aromatic carboxylic acids is 1. The standard InChI is InChI=1S/C15H10FN3O2/c16-11-2-1-3-12(8-11)19-14(15(20)21)9-13(18-19)10-4-6-17-7-5-10/h1-9H,(H,20,21). The summed E-state index contributed by atoms with van der Waals surface area (Å²) in [6.45, 7) is 0. The van der Waals surface area contributed by atoms with Crippen molar-refractivity contribution in [3.63, 3.8) is 0 Å². The minimum Gasteiger partial charge on any atom is -0.477 e. The van der Waals surface area contributed by atoms with Crippen molar-refractivity contribution >= 4 is 5.97 Å². The van der Waals surface area contributed by atoms with Crippen LogP contribution in [0, 0.1) is 5.82 Å². The molecule has 0 saturated heterocycles. The Labute approximate surface area is 119 Å². The van der Waals surface area contributed by atoms with Crippen LogP contribution in [0.1, 0.15) is 10.5 Å². The Morgan fingerprint density at radius 2 is 1.90 bits per heavy atom. The summed E-state index contributed by atoms with van der Waals surface area (Å²) in [6, 6.07) is 10.5. The van der Waals surface area contributed by atoms with E-state index in [1.165, 1.54) is 28.9 Å². The molecule has 6 heteroatoms. The predicted molar refractivity (Wildman–Crippen MR) is 73.7 cm³/mol. The van der Waals surface area contributed by atoms with Gasteiger partial charge in [-0.25, -0.2) is 13.9 Å². The fraction of sp³-hybridized carbons (Fsp3) is 0. The van der Waals surface area contributed by atoms with Gasteiger partial charge in [0.1, 0.15) is 5.82 Å². The molecular weight excluding hydrogens is 273 g/mol. The third-order valence-electron chi connectivity index (χ3n) is 2.96. The highest BCUT2D eigenvalue weighted by atomic mass is 19.1. The van der Waals surface area contributed by atoms with Gasteiger partial charge in [-0.05, 0) is 36.4 Å². The molecule has 0 aliphatic rings. The Kier molecular flexibility index (Phi) is 3.19. The van der Waals surface area contributed by atoms with Gasteiger partial charge < -0.3 is 5.11 Å². The second-order valence-electron chi connectivity index (χ2n) is 4.35. The molecule has 5 nitrogen and oxygen atoms in total. The summed E-state index contributed by atoms with van der Waals surface area (Å²) in [5, 5.41) is 13.5. The Morgan fingerprint density at radius 3 is 2.57 bits per heavy atom. The van der Waals surface area contributed by atoms with Crippen molar-refractivity contribution < 1.29 is 14.3 Å². The van der Waals surface area contributed by atoms with Gasteiger partial charge in [0.05, 0.1) is 11.4 Å². The molecule has 0 radical (unpaired) electrons. The van der Waals surface area contributed by atoms with E-state index < -0.39 is 11.8 Å². The zero-order valence-corrected chi connectivity index (χ0v) is 10.8. The first kappa shape index (κ1) is 13.0. The van der Waals surface area contributed by atoms with E-state index in [4.69, 9.17) is 0 Å². The molecule has 0 unspecified atom stereocenters. The van der Waals surface area contributed by atoms with E-state index in [0.29, 0.717) is 11.4 Å². The first-order chi connectivity index (χ1) is 10.1. The minimum absolute atomic E-state index is 0.0348. The van der Waals surface area contributed by atoms with Crippen LogP contribution in [0.15, 0.2) is 54.9 Å². The van der Waals surface area contributed by atoms with Crippen LogP contribution in [0.5, 0.6) is 0 Å². The van der Waals surface area contributed by atoms with Crippen LogP contribution in [-0.4, -0.2) is 25.8 Å². The van der Waals surface area contributed by atoms with Gasteiger partial charge in [0.15, 0.2) is 5.69 Å². The molecule has 0 spiro atoms. The molecule has 0 saturated carbocycles. The van der Waals surface area contributed by atoms with E-state index in [9.17, 15) is 14.3 Å². The van der Waals surface area contributed by atoms with Crippen molar-refractivity contribution in [1.82, 2.24) is 14.8 Å². The van der Waals surface area contributed by atoms with Crippen LogP contribution in [0.4, 0.5) is 4.39 Å². The molecule has 0 atom stereocenters. The number of benzene rings is 1. The molecule has 104 valence electrons. The molecule has 1 N–H and O–H groups in total. The topological polar surface area (TPSA) is 68.0 Å². The monoisotopic (exact) mass is 283 g/mol. The summed E-state index contributed by atoms with van der Waals surface area (Å²) >= 11 is 0. The van der Waals surface area contributed by atoms with E-state index >= 15 is 0 Å². The van der Waals surface area contributed by atoms with E-state index in [2.05, 4.69) is 10.1 Å². The molecule has 2 heterocycles. The largest absolute Gasteiger partial charge is 0.477 e. The van der Waals surface area contributed by atoms with E-state index in [0.717, 1.165) is 5.56 Å². The number of pyridine rings is 1. The second kappa shape index (κ2) is 5.16. The number of carboxylic acids is 1. The summed E-state index contributed by atoms with van der Waals surface area (Å²) in [7, 11) is 0. The van der Waals surface area contributed by atoms with Crippen LogP contribution >= 0.6 is 0 Å². The zero-order valence-electron chi connectivity index (χ0n) is 10.8. The molecule has 3 rings (SSSR count). The van der Waals surface area contributed by atoms with Crippen LogP contribution in [0.2, 0.25) is 0 Å². The predicted octanol–water partition coefficient (Wildman–Crippen LogP) is 2.77. The molecule has 0 bridgehead atoms. The lowest BCUT2D eigenvalue weighted by molar-refractivity contribution is 0.0687. The lowest BCUT2D eigenvalue weighted by atomic mass is 10.2. The number of hydrogen-bond acceptors (Lipinski definition) is 3. The van der Waals surface area contributed by atoms with Crippen LogP contribution in [0.3, 0.4) is 0 Å². The maximum atomic E-state index is 13.3. The Bertz CT molecular complexity index is 800. The van der Waals surface area contributed by atoms with E-state index in [1.54, 1.807) is 30.6 Å². The van der Waals surface area contributed by atoms with Crippen molar-refractivity contribution in [1.29, 1.82) is 0 Å². The third-order valence-corrected chi connectivity index (χ3v) is 2.96. The van der Waals surface area contributed by atoms with Crippen molar-refractivity contribution in [2.45, 2.75) is 0 Å². The van der Waals surface area contributed by atoms with Gasteiger partial charge in [0.25, 0.3) is 0 Å². The Hall–Kier alpha value is -3.02. The number of hydrogen-bond donors (Lipinski definition) is 1. The van der Waals surface area contributed by atoms with Crippen molar-refractivity contribution in [3.8, 4) is 16.9 Å². The van der Waals surface area contributed by atoms with E-state index in [-0.39, 0.29) is 5.69 Å². The van der Waals surface area contributed by atoms with Gasteiger partial charge in [-0.15, -0.1) is 0 Å². The highest BCUT2D eigenvalue weighted by molar-refractivity contribution is 5.88. The van der Waals surface area contributed by atoms with Gasteiger partial charge >= 0.3 is 5.97 Å². The van der Waals surface area contributed by atoms with Crippen LogP contribution in [-0.2, 0) is 0 Å². The molecule has 2 aromatic heterocycles. The van der Waals surface area contributed by atoms with Gasteiger partial charge in [0, 0.05) is 18.0 Å². The lowest BCUT2D eigenvalue weighted by Crippen LogP contribution is -2.07. The average molecular weight is 283 g/mol. The summed E-state index contributed by atoms with van der Waals surface area (Å²) in [6.07, 6.45) is 3.19. The summed E-state index contributed by atoms with van der Waals surface area (Å²) in [4.78, 5) is 15.3. The maximum absolute atomic E-state index is 13.3. The maximum Gasteiger partial charge on any atom is 0.354 e. The molecule has 21 heavy (non-hydrogen) atoms. The Balaban J connectivity index is 2.16. The normalized spacial score (nSPS) is 10.5. The fourth-order valence-corrected chi connectivity index (χ4v) is 2.00. The molecule has 1 aromatic carbocycles. The number of halogens is 1. The van der Waals surface area contributed by atoms with E-state index in [1.807, 2.05) is 0 Å². The SMILES string of the molecule is O=C(O)c1cc(-c2ccncc2)nn1-c1cccc(F)c1. The lowest BCUT2D eigenvalue weighted by Gasteiger charge is -2.04. The summed E-state index contributed by atoms with van der Waals surface area (Å²) in [5.41, 5.74) is 1.54. The molecule has 3 aromatic rings. The third kappa shape index (κ3) is 2.51. The van der Waals surface area contributed by atoms with Gasteiger partial charge in [-0.2, -0.15) is 5.10 Å². The number of carbonyl (C=O) groups is 1. The van der Waals surface area contributed by atoms with Crippen molar-refractivity contribution in [2.24, 2.45) is 0 Å². The molecule has 0 amide bonds. The van der Waals surface area contributed by atoms with Crippen LogP contribution < -0.4 is 0 Å². The molecule has 0 aliphatic carbocycles. The van der Waals surface area contributed by atoms with Crippen molar-refractivity contribution in [2.75, 3.05) is 0 Å². The molecule has 0 aliphatic heterocycles. The number of rotatable bonds is 3. The fourth-order valence-electron chi connectivity index (χ4n) is 2.00. The first-order valence-electron chi connectivity index (χ1n) is 6.15. The summed E-state index contributed by atoms with van der Waals surface area (Å²) < 4.78 is 14.5. The molecular formula is C15H10FN3O2. The highest BCUT2D eigenvalue weighted by Gasteiger charge is 2.16. The highest BCUT2D eigenvalue weighted by Crippen LogP contribution is 2.21. The van der Waals surface area contributed by atoms with Crippen molar-refractivity contribution in [3.05, 3.63) is 66.4 Å². The quantitative estimate of drug-likeness (QED) is 0.802.